The molecule has 1 heterocycles. The summed E-state index contributed by atoms with van der Waals surface area (Å²) >= 11 is 0. The Morgan fingerprint density at radius 2 is 2.00 bits per heavy atom. The average molecular weight is 297 g/mol. The zero-order chi connectivity index (χ0) is 15.6. The first-order chi connectivity index (χ1) is 9.84. The zero-order valence-corrected chi connectivity index (χ0v) is 10.8. The summed E-state index contributed by atoms with van der Waals surface area (Å²) in [5.41, 5.74) is -0.924. The van der Waals surface area contributed by atoms with E-state index in [1.165, 1.54) is 18.3 Å². The largest absolute Gasteiger partial charge is 0.505 e. The summed E-state index contributed by atoms with van der Waals surface area (Å²) in [6.07, 6.45) is -2.30. The standard InChI is InChI=1S/C14H10F3NO3/c1-21-13(20)12-10(6-18-7-11(12)19)8-3-2-4-9(5-8)14(15,16)17/h2-7,19H,1H3. The third-order valence-corrected chi connectivity index (χ3v) is 2.82. The lowest BCUT2D eigenvalue weighted by molar-refractivity contribution is -0.137. The van der Waals surface area contributed by atoms with Gasteiger partial charge in [-0.2, -0.15) is 13.2 Å². The Balaban J connectivity index is 2.63. The van der Waals surface area contributed by atoms with E-state index in [-0.39, 0.29) is 16.7 Å². The van der Waals surface area contributed by atoms with Crippen molar-refractivity contribution in [2.75, 3.05) is 7.11 Å². The van der Waals surface area contributed by atoms with Crippen molar-refractivity contribution in [1.29, 1.82) is 0 Å². The van der Waals surface area contributed by atoms with Crippen molar-refractivity contribution in [3.8, 4) is 16.9 Å². The highest BCUT2D eigenvalue weighted by molar-refractivity contribution is 5.99. The number of pyridine rings is 1. The van der Waals surface area contributed by atoms with Gasteiger partial charge in [-0.05, 0) is 17.7 Å². The number of rotatable bonds is 2. The van der Waals surface area contributed by atoms with E-state index in [9.17, 15) is 23.1 Å². The smallest absolute Gasteiger partial charge is 0.416 e. The lowest BCUT2D eigenvalue weighted by Crippen LogP contribution is -2.07. The molecule has 0 atom stereocenters. The van der Waals surface area contributed by atoms with Gasteiger partial charge in [-0.25, -0.2) is 4.79 Å². The summed E-state index contributed by atoms with van der Waals surface area (Å²) < 4.78 is 42.7. The lowest BCUT2D eigenvalue weighted by atomic mass is 9.99. The maximum atomic E-state index is 12.7. The van der Waals surface area contributed by atoms with Crippen LogP contribution in [0.4, 0.5) is 13.2 Å². The topological polar surface area (TPSA) is 59.4 Å². The molecule has 1 aromatic carbocycles. The first-order valence-corrected chi connectivity index (χ1v) is 5.77. The van der Waals surface area contributed by atoms with Crippen LogP contribution in [0.3, 0.4) is 0 Å². The molecule has 4 nitrogen and oxygen atoms in total. The van der Waals surface area contributed by atoms with Gasteiger partial charge in [0.05, 0.1) is 18.9 Å². The Labute approximate surface area is 117 Å². The minimum Gasteiger partial charge on any atom is -0.505 e. The second-order valence-electron chi connectivity index (χ2n) is 4.15. The van der Waals surface area contributed by atoms with Crippen molar-refractivity contribution in [3.63, 3.8) is 0 Å². The molecule has 0 fully saturated rings. The van der Waals surface area contributed by atoms with E-state index < -0.39 is 23.5 Å². The van der Waals surface area contributed by atoms with Gasteiger partial charge < -0.3 is 9.84 Å². The monoisotopic (exact) mass is 297 g/mol. The van der Waals surface area contributed by atoms with E-state index in [1.54, 1.807) is 0 Å². The number of carbonyl (C=O) groups excluding carboxylic acids is 1. The van der Waals surface area contributed by atoms with Crippen molar-refractivity contribution >= 4 is 5.97 Å². The molecule has 1 N–H and O–H groups in total. The van der Waals surface area contributed by atoms with Crippen LogP contribution in [0.25, 0.3) is 11.1 Å². The summed E-state index contributed by atoms with van der Waals surface area (Å²) in [6.45, 7) is 0. The Bertz CT molecular complexity index is 683. The molecule has 0 unspecified atom stereocenters. The number of ether oxygens (including phenoxy) is 1. The molecule has 0 aliphatic rings. The first-order valence-electron chi connectivity index (χ1n) is 5.77. The summed E-state index contributed by atoms with van der Waals surface area (Å²) in [5.74, 6) is -1.32. The fraction of sp³-hybridized carbons (Fsp3) is 0.143. The number of halogens is 3. The van der Waals surface area contributed by atoms with E-state index in [0.29, 0.717) is 0 Å². The van der Waals surface area contributed by atoms with Crippen LogP contribution in [-0.4, -0.2) is 23.2 Å². The third kappa shape index (κ3) is 2.96. The first kappa shape index (κ1) is 14.8. The predicted molar refractivity (Wildman–Crippen MR) is 67.7 cm³/mol. The van der Waals surface area contributed by atoms with Crippen LogP contribution < -0.4 is 0 Å². The van der Waals surface area contributed by atoms with Crippen LogP contribution >= 0.6 is 0 Å². The molecule has 0 amide bonds. The molecule has 1 aromatic heterocycles. The second kappa shape index (κ2) is 5.43. The van der Waals surface area contributed by atoms with Crippen molar-refractivity contribution in [3.05, 3.63) is 47.8 Å². The Morgan fingerprint density at radius 3 is 2.62 bits per heavy atom. The molecule has 0 spiro atoms. The zero-order valence-electron chi connectivity index (χ0n) is 10.8. The molecule has 0 saturated carbocycles. The SMILES string of the molecule is COC(=O)c1c(O)cncc1-c1cccc(C(F)(F)F)c1. The number of aromatic nitrogens is 1. The fourth-order valence-corrected chi connectivity index (χ4v) is 1.85. The number of esters is 1. The van der Waals surface area contributed by atoms with Gasteiger partial charge in [-0.3, -0.25) is 4.98 Å². The summed E-state index contributed by atoms with van der Waals surface area (Å²) in [4.78, 5) is 15.4. The highest BCUT2D eigenvalue weighted by atomic mass is 19.4. The summed E-state index contributed by atoms with van der Waals surface area (Å²) in [7, 11) is 1.11. The highest BCUT2D eigenvalue weighted by Gasteiger charge is 2.31. The molecular weight excluding hydrogens is 287 g/mol. The van der Waals surface area contributed by atoms with Gasteiger partial charge in [0.1, 0.15) is 11.3 Å². The van der Waals surface area contributed by atoms with Gasteiger partial charge >= 0.3 is 12.1 Å². The van der Waals surface area contributed by atoms with Gasteiger partial charge in [-0.15, -0.1) is 0 Å². The number of hydrogen-bond donors (Lipinski definition) is 1. The molecule has 0 bridgehead atoms. The van der Waals surface area contributed by atoms with E-state index >= 15 is 0 Å². The summed E-state index contributed by atoms with van der Waals surface area (Å²) in [5, 5.41) is 9.70. The lowest BCUT2D eigenvalue weighted by Gasteiger charge is -2.12. The highest BCUT2D eigenvalue weighted by Crippen LogP contribution is 2.34. The van der Waals surface area contributed by atoms with E-state index in [4.69, 9.17) is 0 Å². The molecule has 2 aromatic rings. The third-order valence-electron chi connectivity index (χ3n) is 2.82. The molecule has 2 rings (SSSR count). The van der Waals surface area contributed by atoms with Gasteiger partial charge in [0, 0.05) is 11.8 Å². The average Bonchev–Trinajstić information content (AvgIpc) is 2.45. The minimum atomic E-state index is -4.51. The van der Waals surface area contributed by atoms with Crippen LogP contribution in [0.1, 0.15) is 15.9 Å². The van der Waals surface area contributed by atoms with E-state index in [2.05, 4.69) is 9.72 Å². The van der Waals surface area contributed by atoms with Crippen LogP contribution in [0.15, 0.2) is 36.7 Å². The molecule has 21 heavy (non-hydrogen) atoms. The number of benzene rings is 1. The number of methoxy groups -OCH3 is 1. The number of alkyl halides is 3. The number of nitrogens with zero attached hydrogens (tertiary/aromatic N) is 1. The van der Waals surface area contributed by atoms with E-state index in [0.717, 1.165) is 25.4 Å². The molecular formula is C14H10F3NO3. The van der Waals surface area contributed by atoms with Gasteiger partial charge in [0.2, 0.25) is 0 Å². The molecule has 0 aliphatic heterocycles. The number of carbonyl (C=O) groups is 1. The Morgan fingerprint density at radius 1 is 1.29 bits per heavy atom. The molecule has 7 heteroatoms. The van der Waals surface area contributed by atoms with Crippen LogP contribution in [0.5, 0.6) is 5.75 Å². The minimum absolute atomic E-state index is 0.0629. The second-order valence-corrected chi connectivity index (χ2v) is 4.15. The van der Waals surface area contributed by atoms with Crippen molar-refractivity contribution in [2.45, 2.75) is 6.18 Å². The maximum absolute atomic E-state index is 12.7. The van der Waals surface area contributed by atoms with Gasteiger partial charge in [0.25, 0.3) is 0 Å². The molecule has 110 valence electrons. The quantitative estimate of drug-likeness (QED) is 0.864. The van der Waals surface area contributed by atoms with Crippen LogP contribution in [0, 0.1) is 0 Å². The molecule has 0 radical (unpaired) electrons. The predicted octanol–water partition coefficient (Wildman–Crippen LogP) is 3.26. The molecule has 0 aliphatic carbocycles. The van der Waals surface area contributed by atoms with Crippen LogP contribution in [-0.2, 0) is 10.9 Å². The molecule has 0 saturated heterocycles. The summed E-state index contributed by atoms with van der Waals surface area (Å²) in [6, 6.07) is 4.39. The van der Waals surface area contributed by atoms with Gasteiger partial charge in [0.15, 0.2) is 0 Å². The Hall–Kier alpha value is -2.57. The van der Waals surface area contributed by atoms with Crippen molar-refractivity contribution < 1.29 is 27.8 Å². The van der Waals surface area contributed by atoms with Crippen molar-refractivity contribution in [1.82, 2.24) is 4.98 Å². The normalized spacial score (nSPS) is 11.2. The fourth-order valence-electron chi connectivity index (χ4n) is 1.85. The van der Waals surface area contributed by atoms with Crippen LogP contribution in [0.2, 0.25) is 0 Å². The maximum Gasteiger partial charge on any atom is 0.416 e. The number of aromatic hydroxyl groups is 1. The van der Waals surface area contributed by atoms with Crippen molar-refractivity contribution in [2.24, 2.45) is 0 Å². The number of hydrogen-bond acceptors (Lipinski definition) is 4. The van der Waals surface area contributed by atoms with E-state index in [1.807, 2.05) is 0 Å². The Kier molecular flexibility index (Phi) is 3.84. The van der Waals surface area contributed by atoms with Gasteiger partial charge in [-0.1, -0.05) is 12.1 Å².